The molecule has 19 heavy (non-hydrogen) atoms. The van der Waals surface area contributed by atoms with Crippen LogP contribution < -0.4 is 16.6 Å². The van der Waals surface area contributed by atoms with Gasteiger partial charge in [0.05, 0.1) is 41.3 Å². The van der Waals surface area contributed by atoms with Gasteiger partial charge in [-0.15, -0.1) is 0 Å². The van der Waals surface area contributed by atoms with Crippen LogP contribution in [0.25, 0.3) is 10.9 Å². The van der Waals surface area contributed by atoms with Gasteiger partial charge in [-0.3, -0.25) is 4.79 Å². The minimum atomic E-state index is -0.217. The number of aliphatic hydroxyl groups is 1. The van der Waals surface area contributed by atoms with Crippen molar-refractivity contribution in [1.82, 2.24) is 9.97 Å². The fraction of sp³-hybridized carbons (Fsp3) is 0.385. The predicted octanol–water partition coefficient (Wildman–Crippen LogP) is 0.934. The van der Waals surface area contributed by atoms with Crippen LogP contribution in [-0.4, -0.2) is 27.7 Å². The van der Waals surface area contributed by atoms with E-state index in [-0.39, 0.29) is 24.1 Å². The maximum Gasteiger partial charge on any atom is 0.258 e. The number of nitrogens with two attached hydrogens (primary N) is 1. The molecule has 1 heterocycles. The van der Waals surface area contributed by atoms with Gasteiger partial charge in [0, 0.05) is 0 Å². The SMILES string of the molecule is CC(C)C(CO)Nc1cc2nc[nH]c(=O)c2cc1N. The molecule has 0 amide bonds. The molecule has 0 spiro atoms. The number of H-pyrrole nitrogens is 1. The minimum absolute atomic E-state index is 0.0119. The van der Waals surface area contributed by atoms with Crippen LogP contribution in [-0.2, 0) is 0 Å². The van der Waals surface area contributed by atoms with Gasteiger partial charge >= 0.3 is 0 Å². The predicted molar refractivity (Wildman–Crippen MR) is 76.1 cm³/mol. The summed E-state index contributed by atoms with van der Waals surface area (Å²) in [6, 6.07) is 3.23. The van der Waals surface area contributed by atoms with Crippen molar-refractivity contribution in [2.75, 3.05) is 17.7 Å². The fourth-order valence-corrected chi connectivity index (χ4v) is 1.88. The quantitative estimate of drug-likeness (QED) is 0.614. The molecule has 0 aliphatic heterocycles. The lowest BCUT2D eigenvalue weighted by molar-refractivity contribution is 0.249. The normalized spacial score (nSPS) is 12.8. The van der Waals surface area contributed by atoms with Gasteiger partial charge in [-0.1, -0.05) is 13.8 Å². The molecule has 1 atom stereocenters. The van der Waals surface area contributed by atoms with Gasteiger partial charge in [-0.25, -0.2) is 4.98 Å². The van der Waals surface area contributed by atoms with Crippen molar-refractivity contribution in [2.24, 2.45) is 5.92 Å². The van der Waals surface area contributed by atoms with Crippen LogP contribution in [0.2, 0.25) is 0 Å². The molecule has 0 aliphatic carbocycles. The van der Waals surface area contributed by atoms with E-state index in [1.54, 1.807) is 12.1 Å². The second-order valence-corrected chi connectivity index (χ2v) is 4.87. The van der Waals surface area contributed by atoms with Gasteiger partial charge in [0.25, 0.3) is 5.56 Å². The fourth-order valence-electron chi connectivity index (χ4n) is 1.88. The number of nitrogen functional groups attached to an aromatic ring is 1. The maximum atomic E-state index is 11.6. The van der Waals surface area contributed by atoms with Crippen LogP contribution in [0.5, 0.6) is 0 Å². The lowest BCUT2D eigenvalue weighted by Gasteiger charge is -2.22. The summed E-state index contributed by atoms with van der Waals surface area (Å²) in [6.07, 6.45) is 1.36. The zero-order valence-electron chi connectivity index (χ0n) is 11.0. The van der Waals surface area contributed by atoms with E-state index in [4.69, 9.17) is 5.73 Å². The first-order valence-corrected chi connectivity index (χ1v) is 6.17. The van der Waals surface area contributed by atoms with Crippen LogP contribution in [0.1, 0.15) is 13.8 Å². The molecule has 0 aliphatic rings. The second kappa shape index (κ2) is 5.27. The molecule has 0 saturated heterocycles. The number of aromatic nitrogens is 2. The topological polar surface area (TPSA) is 104 Å². The van der Waals surface area contributed by atoms with E-state index in [2.05, 4.69) is 15.3 Å². The Hall–Kier alpha value is -2.08. The number of rotatable bonds is 4. The van der Waals surface area contributed by atoms with Gasteiger partial charge in [0.1, 0.15) is 0 Å². The third kappa shape index (κ3) is 2.68. The summed E-state index contributed by atoms with van der Waals surface area (Å²) in [5.41, 5.74) is 7.43. The van der Waals surface area contributed by atoms with Crippen molar-refractivity contribution in [3.8, 4) is 0 Å². The van der Waals surface area contributed by atoms with Crippen LogP contribution in [0.3, 0.4) is 0 Å². The molecule has 6 heteroatoms. The summed E-state index contributed by atoms with van der Waals surface area (Å²) in [6.45, 7) is 4.03. The minimum Gasteiger partial charge on any atom is -0.397 e. The Bertz CT molecular complexity index is 636. The molecule has 2 rings (SSSR count). The van der Waals surface area contributed by atoms with E-state index in [0.29, 0.717) is 22.3 Å². The van der Waals surface area contributed by atoms with Crippen LogP contribution in [0.4, 0.5) is 11.4 Å². The summed E-state index contributed by atoms with van der Waals surface area (Å²) < 4.78 is 0. The molecule has 1 aromatic heterocycles. The molecule has 6 nitrogen and oxygen atoms in total. The number of fused-ring (bicyclic) bond motifs is 1. The van der Waals surface area contributed by atoms with Crippen molar-refractivity contribution >= 4 is 22.3 Å². The van der Waals surface area contributed by atoms with Crippen molar-refractivity contribution in [1.29, 1.82) is 0 Å². The number of nitrogens with one attached hydrogen (secondary N) is 2. The number of aliphatic hydroxyl groups excluding tert-OH is 1. The lowest BCUT2D eigenvalue weighted by atomic mass is 10.0. The summed E-state index contributed by atoms with van der Waals surface area (Å²) in [7, 11) is 0. The molecule has 1 aromatic carbocycles. The maximum absolute atomic E-state index is 11.6. The van der Waals surface area contributed by atoms with E-state index in [0.717, 1.165) is 0 Å². The van der Waals surface area contributed by atoms with Gasteiger partial charge in [0.2, 0.25) is 0 Å². The van der Waals surface area contributed by atoms with Crippen molar-refractivity contribution in [3.63, 3.8) is 0 Å². The lowest BCUT2D eigenvalue weighted by Crippen LogP contribution is -2.29. The van der Waals surface area contributed by atoms with Crippen LogP contribution in [0, 0.1) is 5.92 Å². The number of hydrogen-bond donors (Lipinski definition) is 4. The summed E-state index contributed by atoms with van der Waals surface area (Å²) >= 11 is 0. The molecule has 0 fully saturated rings. The zero-order valence-corrected chi connectivity index (χ0v) is 11.0. The first-order chi connectivity index (χ1) is 9.02. The molecule has 2 aromatic rings. The third-order valence-corrected chi connectivity index (χ3v) is 3.15. The Morgan fingerprint density at radius 1 is 1.47 bits per heavy atom. The molecule has 102 valence electrons. The highest BCUT2D eigenvalue weighted by Gasteiger charge is 2.14. The van der Waals surface area contributed by atoms with Crippen LogP contribution in [0.15, 0.2) is 23.3 Å². The highest BCUT2D eigenvalue weighted by Crippen LogP contribution is 2.24. The summed E-state index contributed by atoms with van der Waals surface area (Å²) in [5, 5.41) is 13.0. The smallest absolute Gasteiger partial charge is 0.258 e. The van der Waals surface area contributed by atoms with E-state index in [9.17, 15) is 9.90 Å². The first-order valence-electron chi connectivity index (χ1n) is 6.17. The van der Waals surface area contributed by atoms with Crippen LogP contribution >= 0.6 is 0 Å². The standard InChI is InChI=1S/C13H18N4O2/c1-7(2)12(5-18)17-11-4-10-8(3-9(11)14)13(19)16-6-15-10/h3-4,6-7,12,17-18H,5,14H2,1-2H3,(H,15,16,19). The van der Waals surface area contributed by atoms with E-state index in [1.807, 2.05) is 13.8 Å². The number of nitrogens with zero attached hydrogens (tertiary/aromatic N) is 1. The third-order valence-electron chi connectivity index (χ3n) is 3.15. The van der Waals surface area contributed by atoms with Gasteiger partial charge in [0.15, 0.2) is 0 Å². The molecule has 0 bridgehead atoms. The van der Waals surface area contributed by atoms with Gasteiger partial charge < -0.3 is 21.1 Å². The Morgan fingerprint density at radius 3 is 2.84 bits per heavy atom. The van der Waals surface area contributed by atoms with Gasteiger partial charge in [-0.05, 0) is 18.1 Å². The first kappa shape index (κ1) is 13.4. The average Bonchev–Trinajstić information content (AvgIpc) is 2.37. The molecule has 1 unspecified atom stereocenters. The Kier molecular flexibility index (Phi) is 3.71. The molecule has 0 radical (unpaired) electrons. The highest BCUT2D eigenvalue weighted by atomic mass is 16.3. The van der Waals surface area contributed by atoms with Crippen molar-refractivity contribution in [3.05, 3.63) is 28.8 Å². The number of benzene rings is 1. The monoisotopic (exact) mass is 262 g/mol. The number of anilines is 2. The largest absolute Gasteiger partial charge is 0.397 e. The molecular weight excluding hydrogens is 244 g/mol. The van der Waals surface area contributed by atoms with Gasteiger partial charge in [-0.2, -0.15) is 0 Å². The molecule has 0 saturated carbocycles. The number of hydrogen-bond acceptors (Lipinski definition) is 5. The number of aromatic amines is 1. The molecular formula is C13H18N4O2. The summed E-state index contributed by atoms with van der Waals surface area (Å²) in [4.78, 5) is 18.2. The molecule has 5 N–H and O–H groups in total. The summed E-state index contributed by atoms with van der Waals surface area (Å²) in [5.74, 6) is 0.257. The van der Waals surface area contributed by atoms with Crippen molar-refractivity contribution in [2.45, 2.75) is 19.9 Å². The second-order valence-electron chi connectivity index (χ2n) is 4.87. The van der Waals surface area contributed by atoms with Crippen molar-refractivity contribution < 1.29 is 5.11 Å². The Morgan fingerprint density at radius 2 is 2.21 bits per heavy atom. The Balaban J connectivity index is 2.44. The zero-order chi connectivity index (χ0) is 14.0. The van der Waals surface area contributed by atoms with E-state index in [1.165, 1.54) is 6.33 Å². The highest BCUT2D eigenvalue weighted by molar-refractivity contribution is 5.88. The van der Waals surface area contributed by atoms with E-state index < -0.39 is 0 Å². The average molecular weight is 262 g/mol. The van der Waals surface area contributed by atoms with E-state index >= 15 is 0 Å². The Labute approximate surface area is 110 Å².